The zero-order valence-corrected chi connectivity index (χ0v) is 14.3. The zero-order chi connectivity index (χ0) is 18.7. The van der Waals surface area contributed by atoms with E-state index in [1.54, 1.807) is 19.1 Å². The predicted octanol–water partition coefficient (Wildman–Crippen LogP) is 5.12. The molecule has 1 aromatic heterocycles. The smallest absolute Gasteiger partial charge is 0.360 e. The number of anilines is 2. The van der Waals surface area contributed by atoms with Gasteiger partial charge in [-0.25, -0.2) is 9.18 Å². The Hall–Kier alpha value is -3.41. The largest absolute Gasteiger partial charge is 0.476 e. The lowest BCUT2D eigenvalue weighted by atomic mass is 10.0. The maximum absolute atomic E-state index is 13.0. The molecule has 3 rings (SSSR count). The van der Waals surface area contributed by atoms with E-state index in [1.807, 2.05) is 37.3 Å². The third-order valence-electron chi connectivity index (χ3n) is 3.93. The van der Waals surface area contributed by atoms with Crippen LogP contribution in [0.4, 0.5) is 15.8 Å². The average molecular weight is 352 g/mol. The molecule has 26 heavy (non-hydrogen) atoms. The monoisotopic (exact) mass is 352 g/mol. The minimum Gasteiger partial charge on any atom is -0.476 e. The second-order valence-corrected chi connectivity index (χ2v) is 5.85. The Morgan fingerprint density at radius 1 is 1.15 bits per heavy atom. The van der Waals surface area contributed by atoms with Crippen molar-refractivity contribution in [3.8, 4) is 0 Å². The molecule has 132 valence electrons. The molecule has 0 saturated carbocycles. The molecule has 5 nitrogen and oxygen atoms in total. The molecule has 0 aliphatic heterocycles. The summed E-state index contributed by atoms with van der Waals surface area (Å²) in [6, 6.07) is 13.8. The van der Waals surface area contributed by atoms with Crippen molar-refractivity contribution in [2.45, 2.75) is 13.8 Å². The molecular formula is C20H17FN2O3. The van der Waals surface area contributed by atoms with Crippen LogP contribution in [0.3, 0.4) is 0 Å². The number of carboxylic acids is 1. The molecule has 2 N–H and O–H groups in total. The summed E-state index contributed by atoms with van der Waals surface area (Å²) in [7, 11) is 0. The SMILES string of the molecule is C/C(=C\c1ccc(Nc2c(C(=O)O)noc2C)cc1)c1ccc(F)cc1. The minimum atomic E-state index is -1.15. The Labute approximate surface area is 149 Å². The summed E-state index contributed by atoms with van der Waals surface area (Å²) in [4.78, 5) is 11.2. The van der Waals surface area contributed by atoms with Gasteiger partial charge >= 0.3 is 5.97 Å². The van der Waals surface area contributed by atoms with Gasteiger partial charge in [0.2, 0.25) is 5.69 Å². The lowest BCUT2D eigenvalue weighted by Gasteiger charge is -2.06. The van der Waals surface area contributed by atoms with E-state index in [9.17, 15) is 9.18 Å². The molecule has 0 spiro atoms. The molecule has 3 aromatic rings. The van der Waals surface area contributed by atoms with Crippen LogP contribution in [0.25, 0.3) is 11.6 Å². The maximum Gasteiger partial charge on any atom is 0.360 e. The summed E-state index contributed by atoms with van der Waals surface area (Å²) in [6.45, 7) is 3.60. The first-order valence-electron chi connectivity index (χ1n) is 7.95. The topological polar surface area (TPSA) is 75.4 Å². The van der Waals surface area contributed by atoms with Gasteiger partial charge in [0.05, 0.1) is 0 Å². The van der Waals surface area contributed by atoms with Crippen molar-refractivity contribution in [3.05, 3.63) is 76.9 Å². The van der Waals surface area contributed by atoms with E-state index >= 15 is 0 Å². The molecule has 6 heteroatoms. The van der Waals surface area contributed by atoms with Crippen molar-refractivity contribution in [2.24, 2.45) is 0 Å². The van der Waals surface area contributed by atoms with Crippen molar-refractivity contribution in [3.63, 3.8) is 0 Å². The fourth-order valence-corrected chi connectivity index (χ4v) is 2.52. The van der Waals surface area contributed by atoms with Gasteiger partial charge in [-0.3, -0.25) is 0 Å². The van der Waals surface area contributed by atoms with Crippen molar-refractivity contribution < 1.29 is 18.8 Å². The molecule has 0 radical (unpaired) electrons. The highest BCUT2D eigenvalue weighted by Crippen LogP contribution is 2.25. The molecule has 0 amide bonds. The lowest BCUT2D eigenvalue weighted by molar-refractivity contribution is 0.0686. The number of rotatable bonds is 5. The summed E-state index contributed by atoms with van der Waals surface area (Å²) in [6.07, 6.45) is 1.99. The van der Waals surface area contributed by atoms with Gasteiger partial charge in [-0.1, -0.05) is 35.5 Å². The number of nitrogens with zero attached hydrogens (tertiary/aromatic N) is 1. The number of benzene rings is 2. The second kappa shape index (κ2) is 7.23. The standard InChI is InChI=1S/C20H17FN2O3/c1-12(15-5-7-16(21)8-6-15)11-14-3-9-17(10-4-14)22-18-13(2)26-23-19(18)20(24)25/h3-11,22H,1-2H3,(H,24,25)/b12-11+. The normalized spacial score (nSPS) is 11.4. The molecule has 0 unspecified atom stereocenters. The third-order valence-corrected chi connectivity index (χ3v) is 3.93. The number of carboxylic acid groups (broad SMARTS) is 1. The second-order valence-electron chi connectivity index (χ2n) is 5.85. The number of halogens is 1. The van der Waals surface area contributed by atoms with E-state index in [0.29, 0.717) is 11.4 Å². The fraction of sp³-hybridized carbons (Fsp3) is 0.100. The number of aromatic nitrogens is 1. The minimum absolute atomic E-state index is 0.154. The molecule has 0 fully saturated rings. The molecule has 0 saturated heterocycles. The van der Waals surface area contributed by atoms with Crippen LogP contribution in [0, 0.1) is 12.7 Å². The quantitative estimate of drug-likeness (QED) is 0.623. The van der Waals surface area contributed by atoms with Crippen LogP contribution in [0.2, 0.25) is 0 Å². The fourth-order valence-electron chi connectivity index (χ4n) is 2.52. The Kier molecular flexibility index (Phi) is 4.84. The van der Waals surface area contributed by atoms with Crippen LogP contribution in [0.15, 0.2) is 53.1 Å². The van der Waals surface area contributed by atoms with Gasteiger partial charge in [0.1, 0.15) is 11.5 Å². The van der Waals surface area contributed by atoms with E-state index in [2.05, 4.69) is 10.5 Å². The highest BCUT2D eigenvalue weighted by Gasteiger charge is 2.19. The highest BCUT2D eigenvalue weighted by molar-refractivity contribution is 5.93. The zero-order valence-electron chi connectivity index (χ0n) is 14.3. The molecular weight excluding hydrogens is 335 g/mol. The van der Waals surface area contributed by atoms with E-state index in [-0.39, 0.29) is 11.5 Å². The van der Waals surface area contributed by atoms with Gasteiger partial charge in [-0.05, 0) is 54.8 Å². The van der Waals surface area contributed by atoms with Gasteiger partial charge in [-0.2, -0.15) is 0 Å². The van der Waals surface area contributed by atoms with E-state index < -0.39 is 5.97 Å². The first-order valence-corrected chi connectivity index (χ1v) is 7.95. The summed E-state index contributed by atoms with van der Waals surface area (Å²) in [5, 5.41) is 15.7. The van der Waals surface area contributed by atoms with Gasteiger partial charge in [0.25, 0.3) is 0 Å². The van der Waals surface area contributed by atoms with Gasteiger partial charge in [0.15, 0.2) is 5.76 Å². The third kappa shape index (κ3) is 3.80. The summed E-state index contributed by atoms with van der Waals surface area (Å²) >= 11 is 0. The lowest BCUT2D eigenvalue weighted by Crippen LogP contribution is -2.02. The molecule has 2 aromatic carbocycles. The van der Waals surface area contributed by atoms with Gasteiger partial charge in [0, 0.05) is 5.69 Å². The van der Waals surface area contributed by atoms with Crippen LogP contribution in [-0.2, 0) is 0 Å². The van der Waals surface area contributed by atoms with Gasteiger partial charge < -0.3 is 14.9 Å². The number of aromatic carboxylic acids is 1. The number of allylic oxidation sites excluding steroid dienone is 1. The van der Waals surface area contributed by atoms with Crippen molar-refractivity contribution in [1.82, 2.24) is 5.16 Å². The molecule has 0 aliphatic rings. The van der Waals surface area contributed by atoms with E-state index in [0.717, 1.165) is 22.4 Å². The van der Waals surface area contributed by atoms with Crippen molar-refractivity contribution >= 4 is 29.0 Å². The Morgan fingerprint density at radius 3 is 2.42 bits per heavy atom. The number of hydrogen-bond acceptors (Lipinski definition) is 4. The summed E-state index contributed by atoms with van der Waals surface area (Å²) < 4.78 is 17.9. The van der Waals surface area contributed by atoms with Gasteiger partial charge in [-0.15, -0.1) is 0 Å². The Morgan fingerprint density at radius 2 is 1.81 bits per heavy atom. The van der Waals surface area contributed by atoms with E-state index in [1.165, 1.54) is 12.1 Å². The molecule has 0 atom stereocenters. The van der Waals surface area contributed by atoms with E-state index in [4.69, 9.17) is 9.63 Å². The number of hydrogen-bond donors (Lipinski definition) is 2. The first kappa shape index (κ1) is 17.4. The van der Waals surface area contributed by atoms with Crippen LogP contribution >= 0.6 is 0 Å². The molecule has 1 heterocycles. The molecule has 0 aliphatic carbocycles. The van der Waals surface area contributed by atoms with Crippen molar-refractivity contribution in [1.29, 1.82) is 0 Å². The van der Waals surface area contributed by atoms with Crippen LogP contribution in [0.5, 0.6) is 0 Å². The van der Waals surface area contributed by atoms with Crippen LogP contribution < -0.4 is 5.32 Å². The average Bonchev–Trinajstić information content (AvgIpc) is 2.98. The summed E-state index contributed by atoms with van der Waals surface area (Å²) in [5.41, 5.74) is 3.82. The number of aryl methyl sites for hydroxylation is 1. The number of carbonyl (C=O) groups is 1. The first-order chi connectivity index (χ1) is 12.4. The maximum atomic E-state index is 13.0. The Bertz CT molecular complexity index is 958. The number of nitrogens with one attached hydrogen (secondary N) is 1. The molecule has 0 bridgehead atoms. The van der Waals surface area contributed by atoms with Crippen molar-refractivity contribution in [2.75, 3.05) is 5.32 Å². The van der Waals surface area contributed by atoms with Crippen LogP contribution in [-0.4, -0.2) is 16.2 Å². The van der Waals surface area contributed by atoms with Crippen LogP contribution in [0.1, 0.15) is 34.3 Å². The highest BCUT2D eigenvalue weighted by atomic mass is 19.1. The predicted molar refractivity (Wildman–Crippen MR) is 97.9 cm³/mol. The Balaban J connectivity index is 1.79. The summed E-state index contributed by atoms with van der Waals surface area (Å²) in [5.74, 6) is -1.01.